The average molecular weight is 503 g/mol. The molecule has 0 saturated heterocycles. The zero-order chi connectivity index (χ0) is 22.9. The fourth-order valence-corrected chi connectivity index (χ4v) is 4.33. The van der Waals surface area contributed by atoms with E-state index in [2.05, 4.69) is 21.2 Å². The Morgan fingerprint density at radius 1 is 1.09 bits per heavy atom. The molecule has 3 rings (SSSR count). The Labute approximate surface area is 198 Å². The van der Waals surface area contributed by atoms with Gasteiger partial charge in [-0.25, -0.2) is 0 Å². The number of hydrogen-bond donors (Lipinski definition) is 1. The molecule has 2 aromatic carbocycles. The van der Waals surface area contributed by atoms with Gasteiger partial charge in [0.2, 0.25) is 5.91 Å². The summed E-state index contributed by atoms with van der Waals surface area (Å²) in [5, 5.41) is 3.14. The van der Waals surface area contributed by atoms with Gasteiger partial charge in [-0.15, -0.1) is 0 Å². The van der Waals surface area contributed by atoms with Gasteiger partial charge in [0.05, 0.1) is 7.11 Å². The summed E-state index contributed by atoms with van der Waals surface area (Å²) in [7, 11) is 1.60. The molecule has 1 atom stereocenters. The highest BCUT2D eigenvalue weighted by Crippen LogP contribution is 2.20. The van der Waals surface area contributed by atoms with Gasteiger partial charge in [-0.05, 0) is 61.7 Å². The van der Waals surface area contributed by atoms with Gasteiger partial charge in [0.25, 0.3) is 5.91 Å². The van der Waals surface area contributed by atoms with E-state index in [9.17, 15) is 9.59 Å². The second-order valence-corrected chi connectivity index (χ2v) is 9.05. The van der Waals surface area contributed by atoms with E-state index in [1.807, 2.05) is 24.3 Å². The maximum Gasteiger partial charge on any atom is 0.261 e. The van der Waals surface area contributed by atoms with E-state index in [0.29, 0.717) is 18.0 Å². The quantitative estimate of drug-likeness (QED) is 0.539. The molecule has 0 unspecified atom stereocenters. The van der Waals surface area contributed by atoms with Crippen LogP contribution >= 0.6 is 15.9 Å². The van der Waals surface area contributed by atoms with Gasteiger partial charge in [0, 0.05) is 17.1 Å². The van der Waals surface area contributed by atoms with Crippen LogP contribution in [0.4, 0.5) is 0 Å². The number of carbonyl (C=O) groups excluding carboxylic acids is 2. The van der Waals surface area contributed by atoms with E-state index in [0.717, 1.165) is 35.7 Å². The molecule has 32 heavy (non-hydrogen) atoms. The van der Waals surface area contributed by atoms with Crippen molar-refractivity contribution < 1.29 is 19.1 Å². The Balaban J connectivity index is 1.69. The lowest BCUT2D eigenvalue weighted by atomic mass is 9.95. The van der Waals surface area contributed by atoms with Crippen LogP contribution in [0.1, 0.15) is 44.6 Å². The molecule has 0 aliphatic heterocycles. The third-order valence-corrected chi connectivity index (χ3v) is 6.28. The van der Waals surface area contributed by atoms with Crippen molar-refractivity contribution >= 4 is 27.7 Å². The van der Waals surface area contributed by atoms with Crippen LogP contribution in [0, 0.1) is 0 Å². The van der Waals surface area contributed by atoms with Crippen LogP contribution in [-0.2, 0) is 16.1 Å². The van der Waals surface area contributed by atoms with Crippen molar-refractivity contribution in [2.45, 2.75) is 57.7 Å². The van der Waals surface area contributed by atoms with Crippen molar-refractivity contribution in [1.29, 1.82) is 0 Å². The predicted molar refractivity (Wildman–Crippen MR) is 128 cm³/mol. The standard InChI is InChI=1S/C25H31BrN2O4/c1-18(25(30)27-21-9-4-3-5-10-21)28(16-19-7-6-8-20(26)15-19)24(29)17-32-23-13-11-22(31-2)12-14-23/h6-8,11-15,18,21H,3-5,9-10,16-17H2,1-2H3,(H,27,30)/t18-/m1/s1. The smallest absolute Gasteiger partial charge is 0.261 e. The molecule has 0 aromatic heterocycles. The van der Waals surface area contributed by atoms with Gasteiger partial charge in [-0.3, -0.25) is 9.59 Å². The van der Waals surface area contributed by atoms with Gasteiger partial charge >= 0.3 is 0 Å². The number of nitrogens with one attached hydrogen (secondary N) is 1. The third kappa shape index (κ3) is 6.99. The summed E-state index contributed by atoms with van der Waals surface area (Å²) in [4.78, 5) is 27.7. The van der Waals surface area contributed by atoms with E-state index in [4.69, 9.17) is 9.47 Å². The molecule has 1 N–H and O–H groups in total. The van der Waals surface area contributed by atoms with Crippen molar-refractivity contribution in [3.05, 3.63) is 58.6 Å². The maximum absolute atomic E-state index is 13.2. The molecule has 0 heterocycles. The van der Waals surface area contributed by atoms with Crippen LogP contribution in [0.2, 0.25) is 0 Å². The fourth-order valence-electron chi connectivity index (χ4n) is 3.88. The Hall–Kier alpha value is -2.54. The number of nitrogens with zero attached hydrogens (tertiary/aromatic N) is 1. The minimum Gasteiger partial charge on any atom is -0.497 e. The summed E-state index contributed by atoms with van der Waals surface area (Å²) in [6.45, 7) is 1.95. The van der Waals surface area contributed by atoms with Crippen molar-refractivity contribution in [2.75, 3.05) is 13.7 Å². The lowest BCUT2D eigenvalue weighted by Crippen LogP contribution is -2.51. The number of amides is 2. The number of carbonyl (C=O) groups is 2. The largest absolute Gasteiger partial charge is 0.497 e. The van der Waals surface area contributed by atoms with E-state index in [-0.39, 0.29) is 24.5 Å². The van der Waals surface area contributed by atoms with Crippen LogP contribution in [0.5, 0.6) is 11.5 Å². The molecule has 172 valence electrons. The van der Waals surface area contributed by atoms with Gasteiger partial charge < -0.3 is 19.7 Å². The van der Waals surface area contributed by atoms with Crippen molar-refractivity contribution in [2.24, 2.45) is 0 Å². The first kappa shape index (κ1) is 24.1. The summed E-state index contributed by atoms with van der Waals surface area (Å²) >= 11 is 3.48. The minimum absolute atomic E-state index is 0.121. The lowest BCUT2D eigenvalue weighted by Gasteiger charge is -2.31. The lowest BCUT2D eigenvalue weighted by molar-refractivity contribution is -0.142. The van der Waals surface area contributed by atoms with Crippen molar-refractivity contribution in [3.8, 4) is 11.5 Å². The van der Waals surface area contributed by atoms with Gasteiger partial charge in [-0.2, -0.15) is 0 Å². The highest BCUT2D eigenvalue weighted by Gasteiger charge is 2.28. The zero-order valence-electron chi connectivity index (χ0n) is 18.7. The molecule has 0 radical (unpaired) electrons. The van der Waals surface area contributed by atoms with Crippen LogP contribution in [0.25, 0.3) is 0 Å². The summed E-state index contributed by atoms with van der Waals surface area (Å²) < 4.78 is 11.8. The van der Waals surface area contributed by atoms with Crippen LogP contribution in [0.3, 0.4) is 0 Å². The number of rotatable bonds is 9. The molecule has 0 spiro atoms. The molecular weight excluding hydrogens is 472 g/mol. The molecule has 1 aliphatic carbocycles. The normalized spacial score (nSPS) is 15.0. The number of benzene rings is 2. The van der Waals surface area contributed by atoms with Gasteiger partial charge in [0.1, 0.15) is 17.5 Å². The topological polar surface area (TPSA) is 67.9 Å². The number of halogens is 1. The van der Waals surface area contributed by atoms with Crippen LogP contribution in [-0.4, -0.2) is 42.5 Å². The fraction of sp³-hybridized carbons (Fsp3) is 0.440. The highest BCUT2D eigenvalue weighted by atomic mass is 79.9. The molecular formula is C25H31BrN2O4. The van der Waals surface area contributed by atoms with Gasteiger partial charge in [0.15, 0.2) is 6.61 Å². The SMILES string of the molecule is COc1ccc(OCC(=O)N(Cc2cccc(Br)c2)[C@H](C)C(=O)NC2CCCCC2)cc1. The second kappa shape index (κ2) is 11.9. The van der Waals surface area contributed by atoms with Crippen LogP contribution in [0.15, 0.2) is 53.0 Å². The molecule has 1 saturated carbocycles. The Bertz CT molecular complexity index is 897. The molecule has 6 nitrogen and oxygen atoms in total. The average Bonchev–Trinajstić information content (AvgIpc) is 2.81. The van der Waals surface area contributed by atoms with E-state index in [1.165, 1.54) is 6.42 Å². The molecule has 0 bridgehead atoms. The molecule has 7 heteroatoms. The molecule has 1 aliphatic rings. The number of ether oxygens (including phenoxy) is 2. The highest BCUT2D eigenvalue weighted by molar-refractivity contribution is 9.10. The Kier molecular flexibility index (Phi) is 8.97. The Morgan fingerprint density at radius 3 is 2.44 bits per heavy atom. The van der Waals surface area contributed by atoms with E-state index >= 15 is 0 Å². The maximum atomic E-state index is 13.2. The summed E-state index contributed by atoms with van der Waals surface area (Å²) in [5.41, 5.74) is 0.939. The van der Waals surface area contributed by atoms with E-state index in [1.54, 1.807) is 43.2 Å². The first-order valence-corrected chi connectivity index (χ1v) is 11.9. The molecule has 2 aromatic rings. The zero-order valence-corrected chi connectivity index (χ0v) is 20.3. The van der Waals surface area contributed by atoms with E-state index < -0.39 is 6.04 Å². The van der Waals surface area contributed by atoms with Gasteiger partial charge in [-0.1, -0.05) is 47.3 Å². The second-order valence-electron chi connectivity index (χ2n) is 8.14. The summed E-state index contributed by atoms with van der Waals surface area (Å²) in [6, 6.07) is 14.4. The number of hydrogen-bond acceptors (Lipinski definition) is 4. The summed E-state index contributed by atoms with van der Waals surface area (Å²) in [5.74, 6) is 0.922. The first-order valence-electron chi connectivity index (χ1n) is 11.1. The minimum atomic E-state index is -0.608. The van der Waals surface area contributed by atoms with Crippen molar-refractivity contribution in [1.82, 2.24) is 10.2 Å². The van der Waals surface area contributed by atoms with Crippen molar-refractivity contribution in [3.63, 3.8) is 0 Å². The number of methoxy groups -OCH3 is 1. The molecule has 1 fully saturated rings. The predicted octanol–water partition coefficient (Wildman–Crippen LogP) is 4.70. The van der Waals surface area contributed by atoms with Crippen LogP contribution < -0.4 is 14.8 Å². The third-order valence-electron chi connectivity index (χ3n) is 5.78. The molecule has 2 amide bonds. The Morgan fingerprint density at radius 2 is 1.78 bits per heavy atom. The monoisotopic (exact) mass is 502 g/mol. The first-order chi connectivity index (χ1) is 15.5. The summed E-state index contributed by atoms with van der Waals surface area (Å²) in [6.07, 6.45) is 5.49.